The van der Waals surface area contributed by atoms with Gasteiger partial charge in [0.2, 0.25) is 0 Å². The normalized spacial score (nSPS) is 10.7. The van der Waals surface area contributed by atoms with E-state index in [4.69, 9.17) is 0 Å². The fourth-order valence-electron chi connectivity index (χ4n) is 1.52. The number of phenols is 1. The van der Waals surface area contributed by atoms with Crippen molar-refractivity contribution in [3.63, 3.8) is 0 Å². The summed E-state index contributed by atoms with van der Waals surface area (Å²) in [6.45, 7) is 0. The monoisotopic (exact) mass is 242 g/mol. The van der Waals surface area contributed by atoms with Crippen LogP contribution in [0.4, 0.5) is 4.39 Å². The predicted molar refractivity (Wildman–Crippen MR) is 67.9 cm³/mol. The van der Waals surface area contributed by atoms with Gasteiger partial charge >= 0.3 is 0 Å². The van der Waals surface area contributed by atoms with Crippen LogP contribution < -0.4 is 0 Å². The van der Waals surface area contributed by atoms with Gasteiger partial charge in [0.15, 0.2) is 5.78 Å². The molecular formula is C15H11FO2. The highest BCUT2D eigenvalue weighted by Crippen LogP contribution is 2.19. The maximum atomic E-state index is 13.0. The highest BCUT2D eigenvalue weighted by atomic mass is 19.1. The number of ketones is 1. The number of benzene rings is 2. The van der Waals surface area contributed by atoms with Gasteiger partial charge in [0.05, 0.1) is 0 Å². The Morgan fingerprint density at radius 3 is 2.56 bits per heavy atom. The van der Waals surface area contributed by atoms with Gasteiger partial charge in [-0.05, 0) is 30.4 Å². The van der Waals surface area contributed by atoms with Crippen molar-refractivity contribution >= 4 is 11.9 Å². The Hall–Kier alpha value is -2.42. The molecule has 0 heterocycles. The van der Waals surface area contributed by atoms with Crippen molar-refractivity contribution in [1.29, 1.82) is 0 Å². The first-order valence-electron chi connectivity index (χ1n) is 5.43. The molecule has 0 radical (unpaired) electrons. The number of carbonyl (C=O) groups is 1. The van der Waals surface area contributed by atoms with Gasteiger partial charge in [-0.25, -0.2) is 4.39 Å². The van der Waals surface area contributed by atoms with E-state index in [9.17, 15) is 14.3 Å². The van der Waals surface area contributed by atoms with Crippen molar-refractivity contribution < 1.29 is 14.3 Å². The lowest BCUT2D eigenvalue weighted by atomic mass is 10.1. The van der Waals surface area contributed by atoms with Gasteiger partial charge < -0.3 is 5.11 Å². The fraction of sp³-hybridized carbons (Fsp3) is 0. The summed E-state index contributed by atoms with van der Waals surface area (Å²) < 4.78 is 13.0. The molecule has 90 valence electrons. The van der Waals surface area contributed by atoms with Crippen LogP contribution in [0.3, 0.4) is 0 Å². The van der Waals surface area contributed by atoms with Gasteiger partial charge in [0.25, 0.3) is 0 Å². The van der Waals surface area contributed by atoms with Gasteiger partial charge in [-0.3, -0.25) is 4.79 Å². The van der Waals surface area contributed by atoms with Crippen molar-refractivity contribution in [2.75, 3.05) is 0 Å². The third-order valence-electron chi connectivity index (χ3n) is 2.46. The largest absolute Gasteiger partial charge is 0.507 e. The molecule has 2 aromatic carbocycles. The standard InChI is InChI=1S/C15H11FO2/c16-13-7-9-15(18)12(10-13)6-8-14(17)11-4-2-1-3-5-11/h1-10,18H/b8-6+. The molecule has 0 fully saturated rings. The Balaban J connectivity index is 2.21. The Labute approximate surface area is 104 Å². The zero-order chi connectivity index (χ0) is 13.0. The Bertz CT molecular complexity index is 589. The summed E-state index contributed by atoms with van der Waals surface area (Å²) in [6.07, 6.45) is 2.71. The number of hydrogen-bond donors (Lipinski definition) is 1. The number of hydrogen-bond acceptors (Lipinski definition) is 2. The second-order valence-electron chi connectivity index (χ2n) is 3.77. The van der Waals surface area contributed by atoms with E-state index in [0.29, 0.717) is 5.56 Å². The molecule has 0 aliphatic heterocycles. The highest BCUT2D eigenvalue weighted by Gasteiger charge is 2.02. The maximum absolute atomic E-state index is 13.0. The molecule has 1 N–H and O–H groups in total. The molecule has 0 unspecified atom stereocenters. The second kappa shape index (κ2) is 5.27. The van der Waals surface area contributed by atoms with E-state index in [-0.39, 0.29) is 17.1 Å². The number of halogens is 1. The minimum atomic E-state index is -0.459. The molecule has 0 aliphatic rings. The maximum Gasteiger partial charge on any atom is 0.185 e. The van der Waals surface area contributed by atoms with Crippen molar-refractivity contribution in [1.82, 2.24) is 0 Å². The zero-order valence-electron chi connectivity index (χ0n) is 9.51. The van der Waals surface area contributed by atoms with Crippen LogP contribution in [0.1, 0.15) is 15.9 Å². The first kappa shape index (κ1) is 12.0. The molecule has 3 heteroatoms. The first-order valence-corrected chi connectivity index (χ1v) is 5.43. The van der Waals surface area contributed by atoms with E-state index < -0.39 is 5.82 Å². The molecule has 0 bridgehead atoms. The second-order valence-corrected chi connectivity index (χ2v) is 3.77. The molecule has 0 saturated carbocycles. The van der Waals surface area contributed by atoms with Crippen LogP contribution in [0.5, 0.6) is 5.75 Å². The van der Waals surface area contributed by atoms with E-state index in [1.54, 1.807) is 24.3 Å². The molecule has 0 amide bonds. The van der Waals surface area contributed by atoms with Crippen LogP contribution in [0, 0.1) is 5.82 Å². The number of allylic oxidation sites excluding steroid dienone is 1. The van der Waals surface area contributed by atoms with Gasteiger partial charge in [-0.2, -0.15) is 0 Å². The summed E-state index contributed by atoms with van der Waals surface area (Å²) in [5, 5.41) is 9.49. The van der Waals surface area contributed by atoms with Gasteiger partial charge in [0, 0.05) is 11.1 Å². The third-order valence-corrected chi connectivity index (χ3v) is 2.46. The summed E-state index contributed by atoms with van der Waals surface area (Å²) in [5.41, 5.74) is 0.823. The summed E-state index contributed by atoms with van der Waals surface area (Å²) in [4.78, 5) is 11.8. The third kappa shape index (κ3) is 2.83. The number of carbonyl (C=O) groups excluding carboxylic acids is 1. The lowest BCUT2D eigenvalue weighted by molar-refractivity contribution is 0.104. The van der Waals surface area contributed by atoms with Gasteiger partial charge in [0.1, 0.15) is 11.6 Å². The predicted octanol–water partition coefficient (Wildman–Crippen LogP) is 3.43. The SMILES string of the molecule is O=C(/C=C/c1cc(F)ccc1O)c1ccccc1. The topological polar surface area (TPSA) is 37.3 Å². The van der Waals surface area contributed by atoms with Gasteiger partial charge in [-0.15, -0.1) is 0 Å². The van der Waals surface area contributed by atoms with E-state index in [1.807, 2.05) is 6.07 Å². The van der Waals surface area contributed by atoms with E-state index in [0.717, 1.165) is 6.07 Å². The quantitative estimate of drug-likeness (QED) is 0.661. The van der Waals surface area contributed by atoms with Crippen LogP contribution >= 0.6 is 0 Å². The molecule has 0 spiro atoms. The van der Waals surface area contributed by atoms with Gasteiger partial charge in [-0.1, -0.05) is 30.3 Å². The van der Waals surface area contributed by atoms with E-state index >= 15 is 0 Å². The number of aromatic hydroxyl groups is 1. The lowest BCUT2D eigenvalue weighted by Gasteiger charge is -1.99. The first-order chi connectivity index (χ1) is 8.66. The average Bonchev–Trinajstić information content (AvgIpc) is 2.40. The van der Waals surface area contributed by atoms with E-state index in [2.05, 4.69) is 0 Å². The molecule has 0 aliphatic carbocycles. The van der Waals surface area contributed by atoms with Crippen molar-refractivity contribution in [2.24, 2.45) is 0 Å². The Morgan fingerprint density at radius 1 is 1.11 bits per heavy atom. The van der Waals surface area contributed by atoms with Crippen LogP contribution in [0.25, 0.3) is 6.08 Å². The van der Waals surface area contributed by atoms with Crippen molar-refractivity contribution in [2.45, 2.75) is 0 Å². The minimum absolute atomic E-state index is 0.0616. The Kier molecular flexibility index (Phi) is 3.53. The van der Waals surface area contributed by atoms with Crippen molar-refractivity contribution in [3.05, 3.63) is 71.6 Å². The number of rotatable bonds is 3. The fourth-order valence-corrected chi connectivity index (χ4v) is 1.52. The average molecular weight is 242 g/mol. The summed E-state index contributed by atoms with van der Waals surface area (Å²) in [6, 6.07) is 12.3. The Morgan fingerprint density at radius 2 is 1.83 bits per heavy atom. The minimum Gasteiger partial charge on any atom is -0.507 e. The summed E-state index contributed by atoms with van der Waals surface area (Å²) in [5.74, 6) is -0.715. The molecule has 0 saturated heterocycles. The summed E-state index contributed by atoms with van der Waals surface area (Å²) >= 11 is 0. The zero-order valence-corrected chi connectivity index (χ0v) is 9.51. The van der Waals surface area contributed by atoms with Crippen LogP contribution in [-0.4, -0.2) is 10.9 Å². The molecule has 0 aromatic heterocycles. The smallest absolute Gasteiger partial charge is 0.185 e. The van der Waals surface area contributed by atoms with Crippen LogP contribution in [0.15, 0.2) is 54.6 Å². The van der Waals surface area contributed by atoms with Crippen molar-refractivity contribution in [3.8, 4) is 5.75 Å². The van der Waals surface area contributed by atoms with Crippen LogP contribution in [-0.2, 0) is 0 Å². The number of phenolic OH excluding ortho intramolecular Hbond substituents is 1. The summed E-state index contributed by atoms with van der Waals surface area (Å²) in [7, 11) is 0. The van der Waals surface area contributed by atoms with E-state index in [1.165, 1.54) is 24.3 Å². The molecule has 2 rings (SSSR count). The molecule has 18 heavy (non-hydrogen) atoms. The lowest BCUT2D eigenvalue weighted by Crippen LogP contribution is -1.92. The molecular weight excluding hydrogens is 231 g/mol. The molecule has 0 atom stereocenters. The molecule has 2 nitrogen and oxygen atoms in total. The molecule has 2 aromatic rings. The highest BCUT2D eigenvalue weighted by molar-refractivity contribution is 6.06. The van der Waals surface area contributed by atoms with Crippen LogP contribution in [0.2, 0.25) is 0 Å².